The Morgan fingerprint density at radius 2 is 2.12 bits per heavy atom. The van der Waals surface area contributed by atoms with Gasteiger partial charge in [-0.2, -0.15) is 0 Å². The van der Waals surface area contributed by atoms with Crippen molar-refractivity contribution >= 4 is 23.2 Å². The highest BCUT2D eigenvalue weighted by molar-refractivity contribution is 6.31. The molecule has 6 nitrogen and oxygen atoms in total. The van der Waals surface area contributed by atoms with Gasteiger partial charge in [-0.1, -0.05) is 31.5 Å². The molecule has 0 radical (unpaired) electrons. The second kappa shape index (κ2) is 7.88. The van der Waals surface area contributed by atoms with Crippen LogP contribution in [0.15, 0.2) is 42.7 Å². The van der Waals surface area contributed by atoms with Crippen LogP contribution in [-0.4, -0.2) is 22.4 Å². The van der Waals surface area contributed by atoms with E-state index in [4.69, 9.17) is 11.6 Å². The molecule has 0 unspecified atom stereocenters. The van der Waals surface area contributed by atoms with E-state index < -0.39 is 10.8 Å². The highest BCUT2D eigenvalue weighted by Gasteiger charge is 2.22. The van der Waals surface area contributed by atoms with E-state index in [1.807, 2.05) is 12.1 Å². The van der Waals surface area contributed by atoms with Gasteiger partial charge in [0.25, 0.3) is 11.6 Å². The van der Waals surface area contributed by atoms with E-state index in [0.29, 0.717) is 6.54 Å². The number of rotatable bonds is 6. The van der Waals surface area contributed by atoms with Crippen LogP contribution in [0, 0.1) is 16.0 Å². The van der Waals surface area contributed by atoms with Crippen molar-refractivity contribution in [3.05, 3.63) is 69.0 Å². The summed E-state index contributed by atoms with van der Waals surface area (Å²) in [5.41, 5.74) is 0.707. The Balaban J connectivity index is 2.16. The maximum Gasteiger partial charge on any atom is 0.283 e. The van der Waals surface area contributed by atoms with Crippen LogP contribution in [0.2, 0.25) is 5.02 Å². The van der Waals surface area contributed by atoms with E-state index in [0.717, 1.165) is 5.56 Å². The Labute approximate surface area is 145 Å². The molecule has 1 N–H and O–H groups in total. The lowest BCUT2D eigenvalue weighted by molar-refractivity contribution is -0.385. The lowest BCUT2D eigenvalue weighted by atomic mass is 9.89. The third-order valence-electron chi connectivity index (χ3n) is 3.80. The SMILES string of the molecule is CC(C)[C@@H](CNC(=O)c1ccc(Cl)cc1[N+](=O)[O-])c1cccnc1. The summed E-state index contributed by atoms with van der Waals surface area (Å²) < 4.78 is 0. The van der Waals surface area contributed by atoms with Crippen molar-refractivity contribution in [3.8, 4) is 0 Å². The topological polar surface area (TPSA) is 85.1 Å². The first kappa shape index (κ1) is 17.9. The zero-order valence-corrected chi connectivity index (χ0v) is 14.2. The van der Waals surface area contributed by atoms with Gasteiger partial charge in [-0.15, -0.1) is 0 Å². The fourth-order valence-electron chi connectivity index (χ4n) is 2.48. The minimum absolute atomic E-state index is 0.00177. The van der Waals surface area contributed by atoms with Crippen molar-refractivity contribution in [1.29, 1.82) is 0 Å². The first-order valence-electron chi connectivity index (χ1n) is 7.52. The monoisotopic (exact) mass is 347 g/mol. The summed E-state index contributed by atoms with van der Waals surface area (Å²) in [5, 5.41) is 14.1. The molecular weight excluding hydrogens is 330 g/mol. The zero-order chi connectivity index (χ0) is 17.7. The number of benzene rings is 1. The highest BCUT2D eigenvalue weighted by Crippen LogP contribution is 2.25. The summed E-state index contributed by atoms with van der Waals surface area (Å²) in [6.07, 6.45) is 3.46. The van der Waals surface area contributed by atoms with Gasteiger partial charge < -0.3 is 5.32 Å². The molecule has 1 aromatic heterocycles. The van der Waals surface area contributed by atoms with E-state index in [1.165, 1.54) is 18.2 Å². The zero-order valence-electron chi connectivity index (χ0n) is 13.4. The van der Waals surface area contributed by atoms with E-state index in [-0.39, 0.29) is 28.1 Å². The third kappa shape index (κ3) is 4.29. The van der Waals surface area contributed by atoms with Crippen LogP contribution < -0.4 is 5.32 Å². The number of aromatic nitrogens is 1. The number of halogens is 1. The molecule has 0 saturated carbocycles. The molecule has 0 bridgehead atoms. The van der Waals surface area contributed by atoms with E-state index in [1.54, 1.807) is 12.4 Å². The summed E-state index contributed by atoms with van der Waals surface area (Å²) in [6.45, 7) is 4.46. The van der Waals surface area contributed by atoms with Gasteiger partial charge in [0.2, 0.25) is 0 Å². The molecule has 1 heterocycles. The number of nitro benzene ring substituents is 1. The summed E-state index contributed by atoms with van der Waals surface area (Å²) >= 11 is 5.77. The quantitative estimate of drug-likeness (QED) is 0.636. The van der Waals surface area contributed by atoms with Crippen LogP contribution in [0.1, 0.15) is 35.7 Å². The minimum Gasteiger partial charge on any atom is -0.351 e. The first-order valence-corrected chi connectivity index (χ1v) is 7.90. The largest absolute Gasteiger partial charge is 0.351 e. The maximum absolute atomic E-state index is 12.4. The van der Waals surface area contributed by atoms with Crippen molar-refractivity contribution < 1.29 is 9.72 Å². The van der Waals surface area contributed by atoms with Gasteiger partial charge >= 0.3 is 0 Å². The summed E-state index contributed by atoms with van der Waals surface area (Å²) in [7, 11) is 0. The number of pyridine rings is 1. The predicted octanol–water partition coefficient (Wildman–Crippen LogP) is 3.81. The van der Waals surface area contributed by atoms with Crippen LogP contribution in [0.3, 0.4) is 0 Å². The van der Waals surface area contributed by atoms with E-state index in [2.05, 4.69) is 24.1 Å². The number of amides is 1. The fraction of sp³-hybridized carbons (Fsp3) is 0.294. The number of nitrogens with zero attached hydrogens (tertiary/aromatic N) is 2. The fourth-order valence-corrected chi connectivity index (χ4v) is 2.65. The van der Waals surface area contributed by atoms with Crippen molar-refractivity contribution in [2.75, 3.05) is 6.54 Å². The Bertz CT molecular complexity index is 735. The summed E-state index contributed by atoms with van der Waals surface area (Å²) in [4.78, 5) is 27.0. The number of nitro groups is 1. The van der Waals surface area contributed by atoms with Crippen molar-refractivity contribution in [1.82, 2.24) is 10.3 Å². The molecule has 0 aliphatic heterocycles. The molecule has 0 saturated heterocycles. The Morgan fingerprint density at radius 1 is 1.38 bits per heavy atom. The van der Waals surface area contributed by atoms with Gasteiger partial charge in [0.15, 0.2) is 0 Å². The number of hydrogen-bond donors (Lipinski definition) is 1. The van der Waals surface area contributed by atoms with Crippen LogP contribution in [0.5, 0.6) is 0 Å². The molecule has 0 fully saturated rings. The number of hydrogen-bond acceptors (Lipinski definition) is 4. The maximum atomic E-state index is 12.4. The average Bonchev–Trinajstić information content (AvgIpc) is 2.55. The van der Waals surface area contributed by atoms with Gasteiger partial charge in [-0.05, 0) is 29.7 Å². The van der Waals surface area contributed by atoms with E-state index >= 15 is 0 Å². The molecule has 0 aliphatic carbocycles. The Hall–Kier alpha value is -2.47. The number of carbonyl (C=O) groups excluding carboxylic acids is 1. The lowest BCUT2D eigenvalue weighted by Gasteiger charge is -2.21. The molecule has 0 aliphatic rings. The second-order valence-electron chi connectivity index (χ2n) is 5.77. The third-order valence-corrected chi connectivity index (χ3v) is 4.04. The van der Waals surface area contributed by atoms with Gasteiger partial charge in [-0.25, -0.2) is 0 Å². The van der Waals surface area contributed by atoms with Crippen LogP contribution in [0.25, 0.3) is 0 Å². The molecule has 24 heavy (non-hydrogen) atoms. The first-order chi connectivity index (χ1) is 11.4. The van der Waals surface area contributed by atoms with Gasteiger partial charge in [0.1, 0.15) is 5.56 Å². The average molecular weight is 348 g/mol. The molecule has 2 aromatic rings. The molecule has 1 aromatic carbocycles. The van der Waals surface area contributed by atoms with Gasteiger partial charge in [-0.3, -0.25) is 19.9 Å². The molecule has 1 amide bonds. The predicted molar refractivity (Wildman–Crippen MR) is 92.3 cm³/mol. The minimum atomic E-state index is -0.609. The van der Waals surface area contributed by atoms with Crippen molar-refractivity contribution in [2.45, 2.75) is 19.8 Å². The van der Waals surface area contributed by atoms with E-state index in [9.17, 15) is 14.9 Å². The highest BCUT2D eigenvalue weighted by atomic mass is 35.5. The molecule has 0 spiro atoms. The smallest absolute Gasteiger partial charge is 0.283 e. The van der Waals surface area contributed by atoms with Crippen molar-refractivity contribution in [3.63, 3.8) is 0 Å². The molecule has 7 heteroatoms. The van der Waals surface area contributed by atoms with Crippen LogP contribution in [-0.2, 0) is 0 Å². The standard InChI is InChI=1S/C17H18ClN3O3/c1-11(2)15(12-4-3-7-19-9-12)10-20-17(22)14-6-5-13(18)8-16(14)21(23)24/h3-9,11,15H,10H2,1-2H3,(H,20,22)/t15-/m1/s1. The van der Waals surface area contributed by atoms with Crippen LogP contribution in [0.4, 0.5) is 5.69 Å². The normalized spacial score (nSPS) is 12.0. The molecule has 1 atom stereocenters. The number of nitrogens with one attached hydrogen (secondary N) is 1. The lowest BCUT2D eigenvalue weighted by Crippen LogP contribution is -2.30. The Kier molecular flexibility index (Phi) is 5.87. The van der Waals surface area contributed by atoms with Crippen molar-refractivity contribution in [2.24, 2.45) is 5.92 Å². The summed E-state index contributed by atoms with van der Waals surface area (Å²) in [6, 6.07) is 7.80. The number of carbonyl (C=O) groups is 1. The van der Waals surface area contributed by atoms with Crippen LogP contribution >= 0.6 is 11.6 Å². The molecule has 126 valence electrons. The molecular formula is C17H18ClN3O3. The van der Waals surface area contributed by atoms with Gasteiger partial charge in [0, 0.05) is 35.9 Å². The Morgan fingerprint density at radius 3 is 2.71 bits per heavy atom. The summed E-state index contributed by atoms with van der Waals surface area (Å²) in [5.74, 6) is -0.156. The van der Waals surface area contributed by atoms with Gasteiger partial charge in [0.05, 0.1) is 4.92 Å². The molecule has 2 rings (SSSR count). The second-order valence-corrected chi connectivity index (χ2v) is 6.20.